The number of halogens is 1. The van der Waals surface area contributed by atoms with Crippen molar-refractivity contribution < 1.29 is 19.8 Å². The number of rotatable bonds is 2. The fourth-order valence-electron chi connectivity index (χ4n) is 2.28. The fraction of sp³-hybridized carbons (Fsp3) is 0. The molecule has 0 spiro atoms. The first kappa shape index (κ1) is 16.9. The minimum absolute atomic E-state index is 0.0389. The summed E-state index contributed by atoms with van der Waals surface area (Å²) in [6.07, 6.45) is 1.31. The van der Waals surface area contributed by atoms with Gasteiger partial charge in [-0.3, -0.25) is 19.8 Å². The van der Waals surface area contributed by atoms with Gasteiger partial charge in [0.25, 0.3) is 11.8 Å². The Bertz CT molecular complexity index is 925. The number of hydrogen-bond donors (Lipinski definition) is 3. The molecule has 3 rings (SSSR count). The van der Waals surface area contributed by atoms with Crippen LogP contribution < -0.4 is 10.2 Å². The smallest absolute Gasteiger partial charge is 0.270 e. The highest BCUT2D eigenvalue weighted by atomic mass is 35.5. The third kappa shape index (κ3) is 3.33. The van der Waals surface area contributed by atoms with Crippen LogP contribution in [0.2, 0.25) is 5.02 Å². The maximum atomic E-state index is 12.8. The van der Waals surface area contributed by atoms with Crippen molar-refractivity contribution in [1.82, 2.24) is 5.32 Å². The molecule has 0 aromatic heterocycles. The lowest BCUT2D eigenvalue weighted by Gasteiger charge is -2.28. The summed E-state index contributed by atoms with van der Waals surface area (Å²) in [7, 11) is 0. The van der Waals surface area contributed by atoms with Gasteiger partial charge in [0.05, 0.1) is 5.69 Å². The number of amides is 2. The van der Waals surface area contributed by atoms with Gasteiger partial charge in [0.1, 0.15) is 5.57 Å². The molecule has 0 radical (unpaired) electrons. The van der Waals surface area contributed by atoms with E-state index >= 15 is 0 Å². The average molecular weight is 375 g/mol. The van der Waals surface area contributed by atoms with E-state index in [-0.39, 0.29) is 22.2 Å². The summed E-state index contributed by atoms with van der Waals surface area (Å²) in [5.41, 5.74) is 0.671. The fourth-order valence-corrected chi connectivity index (χ4v) is 2.69. The standard InChI is InChI=1S/C17H11ClN2O4S/c18-10-2-4-11(5-3-10)20-16(24)12(15(23)19-17(20)25)7-9-1-6-13(21)14(22)8-9/h1-8,21-22H,(H,19,23,25). The highest BCUT2D eigenvalue weighted by Crippen LogP contribution is 2.27. The topological polar surface area (TPSA) is 89.9 Å². The molecular formula is C17H11ClN2O4S. The molecule has 0 unspecified atom stereocenters. The predicted octanol–water partition coefficient (Wildman–Crippen LogP) is 2.58. The second kappa shape index (κ2) is 6.54. The van der Waals surface area contributed by atoms with E-state index in [2.05, 4.69) is 5.32 Å². The molecule has 2 amide bonds. The maximum Gasteiger partial charge on any atom is 0.270 e. The maximum absolute atomic E-state index is 12.8. The molecule has 0 aliphatic carbocycles. The van der Waals surface area contributed by atoms with E-state index in [0.717, 1.165) is 0 Å². The zero-order chi connectivity index (χ0) is 18.1. The van der Waals surface area contributed by atoms with Crippen LogP contribution in [0.3, 0.4) is 0 Å². The highest BCUT2D eigenvalue weighted by Gasteiger charge is 2.34. The molecular weight excluding hydrogens is 364 g/mol. The second-order valence-electron chi connectivity index (χ2n) is 5.18. The molecule has 0 atom stereocenters. The highest BCUT2D eigenvalue weighted by molar-refractivity contribution is 7.80. The van der Waals surface area contributed by atoms with Gasteiger partial charge in [-0.2, -0.15) is 0 Å². The molecule has 1 aliphatic heterocycles. The number of hydrogen-bond acceptors (Lipinski definition) is 5. The molecule has 126 valence electrons. The van der Waals surface area contributed by atoms with E-state index in [1.165, 1.54) is 29.2 Å². The van der Waals surface area contributed by atoms with Crippen molar-refractivity contribution in [3.05, 3.63) is 58.6 Å². The molecule has 1 aliphatic rings. The molecule has 25 heavy (non-hydrogen) atoms. The third-order valence-electron chi connectivity index (χ3n) is 3.50. The number of anilines is 1. The number of nitrogens with zero attached hydrogens (tertiary/aromatic N) is 1. The summed E-state index contributed by atoms with van der Waals surface area (Å²) >= 11 is 10.9. The lowest BCUT2D eigenvalue weighted by atomic mass is 10.1. The van der Waals surface area contributed by atoms with Gasteiger partial charge < -0.3 is 10.2 Å². The average Bonchev–Trinajstić information content (AvgIpc) is 2.56. The number of carbonyl (C=O) groups is 2. The molecule has 6 nitrogen and oxygen atoms in total. The van der Waals surface area contributed by atoms with Crippen molar-refractivity contribution in [2.45, 2.75) is 0 Å². The quantitative estimate of drug-likeness (QED) is 0.325. The zero-order valence-electron chi connectivity index (χ0n) is 12.6. The second-order valence-corrected chi connectivity index (χ2v) is 6.01. The van der Waals surface area contributed by atoms with E-state index in [0.29, 0.717) is 16.3 Å². The predicted molar refractivity (Wildman–Crippen MR) is 97.4 cm³/mol. The van der Waals surface area contributed by atoms with Gasteiger partial charge in [-0.05, 0) is 60.3 Å². The molecule has 0 saturated carbocycles. The molecule has 2 aromatic carbocycles. The van der Waals surface area contributed by atoms with Gasteiger partial charge in [0.15, 0.2) is 16.6 Å². The van der Waals surface area contributed by atoms with Crippen LogP contribution in [0.15, 0.2) is 48.0 Å². The van der Waals surface area contributed by atoms with Gasteiger partial charge in [0, 0.05) is 5.02 Å². The van der Waals surface area contributed by atoms with Crippen LogP contribution in [0.5, 0.6) is 11.5 Å². The van der Waals surface area contributed by atoms with E-state index in [9.17, 15) is 19.8 Å². The molecule has 1 heterocycles. The number of phenolic OH excluding ortho intramolecular Hbond substituents is 2. The van der Waals surface area contributed by atoms with Crippen molar-refractivity contribution in [2.24, 2.45) is 0 Å². The van der Waals surface area contributed by atoms with E-state index in [1.807, 2.05) is 0 Å². The van der Waals surface area contributed by atoms with Crippen LogP contribution >= 0.6 is 23.8 Å². The van der Waals surface area contributed by atoms with Crippen LogP contribution in [0.1, 0.15) is 5.56 Å². The normalized spacial score (nSPS) is 16.3. The number of thiocarbonyl (C=S) groups is 1. The number of nitrogens with one attached hydrogen (secondary N) is 1. The van der Waals surface area contributed by atoms with E-state index < -0.39 is 11.8 Å². The molecule has 2 aromatic rings. The Morgan fingerprint density at radius 3 is 2.36 bits per heavy atom. The van der Waals surface area contributed by atoms with Crippen LogP contribution in [-0.2, 0) is 9.59 Å². The van der Waals surface area contributed by atoms with Crippen molar-refractivity contribution in [1.29, 1.82) is 0 Å². The SMILES string of the molecule is O=C1NC(=S)N(c2ccc(Cl)cc2)C(=O)C1=Cc1ccc(O)c(O)c1. The van der Waals surface area contributed by atoms with Gasteiger partial charge in [0.2, 0.25) is 0 Å². The van der Waals surface area contributed by atoms with Crippen molar-refractivity contribution in [3.63, 3.8) is 0 Å². The van der Waals surface area contributed by atoms with Crippen molar-refractivity contribution in [3.8, 4) is 11.5 Å². The number of carbonyl (C=O) groups excluding carboxylic acids is 2. The molecule has 1 saturated heterocycles. The summed E-state index contributed by atoms with van der Waals surface area (Å²) in [6.45, 7) is 0. The Balaban J connectivity index is 2.01. The minimum Gasteiger partial charge on any atom is -0.504 e. The van der Waals surface area contributed by atoms with E-state index in [4.69, 9.17) is 23.8 Å². The van der Waals surface area contributed by atoms with Gasteiger partial charge in [-0.1, -0.05) is 17.7 Å². The lowest BCUT2D eigenvalue weighted by Crippen LogP contribution is -2.54. The van der Waals surface area contributed by atoms with Crippen LogP contribution in [0.4, 0.5) is 5.69 Å². The van der Waals surface area contributed by atoms with Gasteiger partial charge in [-0.25, -0.2) is 0 Å². The molecule has 8 heteroatoms. The summed E-state index contributed by atoms with van der Waals surface area (Å²) < 4.78 is 0. The van der Waals surface area contributed by atoms with Crippen molar-refractivity contribution >= 4 is 52.5 Å². The lowest BCUT2D eigenvalue weighted by molar-refractivity contribution is -0.122. The molecule has 1 fully saturated rings. The first-order chi connectivity index (χ1) is 11.9. The van der Waals surface area contributed by atoms with Crippen LogP contribution in [0.25, 0.3) is 6.08 Å². The number of phenols is 2. The Kier molecular flexibility index (Phi) is 4.43. The summed E-state index contributed by atoms with van der Waals surface area (Å²) in [5, 5.41) is 21.8. The first-order valence-corrected chi connectivity index (χ1v) is 7.84. The Morgan fingerprint density at radius 2 is 1.72 bits per heavy atom. The summed E-state index contributed by atoms with van der Waals surface area (Å²) in [6, 6.07) is 10.4. The largest absolute Gasteiger partial charge is 0.504 e. The molecule has 3 N–H and O–H groups in total. The Labute approximate surface area is 153 Å². The third-order valence-corrected chi connectivity index (χ3v) is 4.03. The molecule has 0 bridgehead atoms. The monoisotopic (exact) mass is 374 g/mol. The van der Waals surface area contributed by atoms with Crippen LogP contribution in [-0.4, -0.2) is 27.1 Å². The van der Waals surface area contributed by atoms with Crippen LogP contribution in [0, 0.1) is 0 Å². The van der Waals surface area contributed by atoms with E-state index in [1.54, 1.807) is 24.3 Å². The number of aromatic hydroxyl groups is 2. The Hall–Kier alpha value is -2.90. The summed E-state index contributed by atoms with van der Waals surface area (Å²) in [4.78, 5) is 26.1. The first-order valence-electron chi connectivity index (χ1n) is 7.06. The minimum atomic E-state index is -0.646. The zero-order valence-corrected chi connectivity index (χ0v) is 14.1. The summed E-state index contributed by atoms with van der Waals surface area (Å²) in [5.74, 6) is -1.91. The number of benzene rings is 2. The van der Waals surface area contributed by atoms with Gasteiger partial charge in [-0.15, -0.1) is 0 Å². The van der Waals surface area contributed by atoms with Crippen molar-refractivity contribution in [2.75, 3.05) is 4.90 Å². The van der Waals surface area contributed by atoms with Gasteiger partial charge >= 0.3 is 0 Å². The Morgan fingerprint density at radius 1 is 1.04 bits per heavy atom.